The van der Waals surface area contributed by atoms with Crippen molar-refractivity contribution in [1.29, 1.82) is 0 Å². The number of aromatic nitrogens is 2. The smallest absolute Gasteiger partial charge is 0.260 e. The highest BCUT2D eigenvalue weighted by molar-refractivity contribution is 7.17. The molecule has 6 nitrogen and oxygen atoms in total. The lowest BCUT2D eigenvalue weighted by Gasteiger charge is -2.19. The number of carbonyl (C=O) groups is 1. The number of carbonyl (C=O) groups excluding carboxylic acids is 1. The van der Waals surface area contributed by atoms with Crippen LogP contribution in [0.1, 0.15) is 17.6 Å². The lowest BCUT2D eigenvalue weighted by atomic mass is 10.1. The Morgan fingerprint density at radius 3 is 2.74 bits per heavy atom. The van der Waals surface area contributed by atoms with E-state index in [2.05, 4.69) is 15.3 Å². The largest absolute Gasteiger partial charge is 0.350 e. The number of thiophene rings is 2. The van der Waals surface area contributed by atoms with Gasteiger partial charge in [0.1, 0.15) is 16.5 Å². The molecule has 0 saturated carbocycles. The van der Waals surface area contributed by atoms with Gasteiger partial charge in [-0.1, -0.05) is 25.1 Å². The van der Waals surface area contributed by atoms with Crippen LogP contribution < -0.4 is 10.9 Å². The first-order valence-electron chi connectivity index (χ1n) is 9.81. The van der Waals surface area contributed by atoms with Gasteiger partial charge in [-0.2, -0.15) is 0 Å². The van der Waals surface area contributed by atoms with Crippen LogP contribution in [0.2, 0.25) is 0 Å². The summed E-state index contributed by atoms with van der Waals surface area (Å²) in [4.78, 5) is 36.2. The Labute approximate surface area is 186 Å². The topological polar surface area (TPSA) is 78.1 Å². The monoisotopic (exact) mass is 456 g/mol. The van der Waals surface area contributed by atoms with Gasteiger partial charge in [-0.05, 0) is 35.7 Å². The fourth-order valence-corrected chi connectivity index (χ4v) is 4.87. The van der Waals surface area contributed by atoms with E-state index in [0.29, 0.717) is 35.7 Å². The third-order valence-electron chi connectivity index (χ3n) is 4.88. The lowest BCUT2D eigenvalue weighted by Crippen LogP contribution is -2.37. The molecule has 0 atom stereocenters. The molecule has 3 heterocycles. The molecule has 0 aliphatic carbocycles. The van der Waals surface area contributed by atoms with Crippen LogP contribution in [0, 0.1) is 5.82 Å². The average Bonchev–Trinajstić information content (AvgIpc) is 3.42. The molecule has 0 bridgehead atoms. The molecule has 4 rings (SSSR count). The van der Waals surface area contributed by atoms with E-state index in [4.69, 9.17) is 0 Å². The number of nitrogens with one attached hydrogen (secondary N) is 2. The summed E-state index contributed by atoms with van der Waals surface area (Å²) in [6.45, 7) is 3.68. The third kappa shape index (κ3) is 5.07. The molecule has 0 radical (unpaired) electrons. The van der Waals surface area contributed by atoms with Gasteiger partial charge in [0.05, 0.1) is 25.0 Å². The number of halogens is 1. The van der Waals surface area contributed by atoms with Gasteiger partial charge >= 0.3 is 0 Å². The van der Waals surface area contributed by atoms with Gasteiger partial charge in [0.25, 0.3) is 5.56 Å². The zero-order valence-corrected chi connectivity index (χ0v) is 18.5. The SMILES string of the molecule is CCN(CC(=O)NCc1cccs1)Cc1nc2scc(-c3ccc(F)cc3)c2c(=O)[nH]1. The first kappa shape index (κ1) is 21.4. The lowest BCUT2D eigenvalue weighted by molar-refractivity contribution is -0.122. The van der Waals surface area contributed by atoms with E-state index < -0.39 is 0 Å². The second kappa shape index (κ2) is 9.51. The number of fused-ring (bicyclic) bond motifs is 1. The Morgan fingerprint density at radius 2 is 2.03 bits per heavy atom. The summed E-state index contributed by atoms with van der Waals surface area (Å²) in [5.41, 5.74) is 1.27. The van der Waals surface area contributed by atoms with E-state index in [-0.39, 0.29) is 23.8 Å². The highest BCUT2D eigenvalue weighted by Crippen LogP contribution is 2.30. The summed E-state index contributed by atoms with van der Waals surface area (Å²) in [6, 6.07) is 9.98. The first-order chi connectivity index (χ1) is 15.0. The molecule has 0 fully saturated rings. The molecule has 4 aromatic rings. The molecule has 0 aliphatic rings. The van der Waals surface area contributed by atoms with Crippen molar-refractivity contribution in [3.8, 4) is 11.1 Å². The van der Waals surface area contributed by atoms with E-state index in [1.165, 1.54) is 23.5 Å². The first-order valence-corrected chi connectivity index (χ1v) is 11.6. The number of H-pyrrole nitrogens is 1. The van der Waals surface area contributed by atoms with E-state index in [1.54, 1.807) is 23.5 Å². The maximum absolute atomic E-state index is 13.2. The number of hydrogen-bond acceptors (Lipinski definition) is 6. The standard InChI is InChI=1S/C22H21FN4O2S2/c1-2-27(12-19(28)24-10-16-4-3-9-30-16)11-18-25-21(29)20-17(13-31-22(20)26-18)14-5-7-15(23)8-6-14/h3-9,13H,2,10-12H2,1H3,(H,24,28)(H,25,26,29). The number of rotatable bonds is 8. The van der Waals surface area contributed by atoms with Crippen molar-refractivity contribution >= 4 is 38.8 Å². The fraction of sp³-hybridized carbons (Fsp3) is 0.227. The Balaban J connectivity index is 1.48. The number of nitrogens with zero attached hydrogens (tertiary/aromatic N) is 2. The quantitative estimate of drug-likeness (QED) is 0.420. The molecule has 1 amide bonds. The minimum Gasteiger partial charge on any atom is -0.350 e. The average molecular weight is 457 g/mol. The van der Waals surface area contributed by atoms with Crippen LogP contribution >= 0.6 is 22.7 Å². The summed E-state index contributed by atoms with van der Waals surface area (Å²) in [5, 5.41) is 7.25. The number of aromatic amines is 1. The van der Waals surface area contributed by atoms with Crippen LogP contribution in [-0.4, -0.2) is 33.9 Å². The van der Waals surface area contributed by atoms with Gasteiger partial charge in [-0.15, -0.1) is 22.7 Å². The van der Waals surface area contributed by atoms with Crippen LogP contribution in [0.25, 0.3) is 21.3 Å². The summed E-state index contributed by atoms with van der Waals surface area (Å²) < 4.78 is 13.2. The van der Waals surface area contributed by atoms with E-state index >= 15 is 0 Å². The van der Waals surface area contributed by atoms with Gasteiger partial charge < -0.3 is 10.3 Å². The molecular weight excluding hydrogens is 435 g/mol. The van der Waals surface area contributed by atoms with Crippen molar-refractivity contribution in [2.45, 2.75) is 20.0 Å². The Bertz CT molecular complexity index is 1230. The molecular formula is C22H21FN4O2S2. The molecule has 0 aliphatic heterocycles. The van der Waals surface area contributed by atoms with Crippen molar-refractivity contribution in [2.75, 3.05) is 13.1 Å². The molecule has 9 heteroatoms. The Hall–Kier alpha value is -2.88. The van der Waals surface area contributed by atoms with Crippen molar-refractivity contribution in [3.63, 3.8) is 0 Å². The molecule has 0 saturated heterocycles. The number of likely N-dealkylation sites (N-methyl/N-ethyl adjacent to an activating group) is 1. The van der Waals surface area contributed by atoms with Crippen LogP contribution in [0.5, 0.6) is 0 Å². The van der Waals surface area contributed by atoms with Gasteiger partial charge in [0, 0.05) is 15.8 Å². The summed E-state index contributed by atoms with van der Waals surface area (Å²) in [7, 11) is 0. The van der Waals surface area contributed by atoms with E-state index in [1.807, 2.05) is 34.7 Å². The van der Waals surface area contributed by atoms with E-state index in [0.717, 1.165) is 16.0 Å². The van der Waals surface area contributed by atoms with Crippen molar-refractivity contribution in [2.24, 2.45) is 0 Å². The molecule has 0 spiro atoms. The van der Waals surface area contributed by atoms with Crippen LogP contribution in [0.4, 0.5) is 4.39 Å². The Kier molecular flexibility index (Phi) is 6.55. The zero-order chi connectivity index (χ0) is 21.8. The van der Waals surface area contributed by atoms with Crippen molar-refractivity contribution in [1.82, 2.24) is 20.2 Å². The molecule has 2 N–H and O–H groups in total. The Morgan fingerprint density at radius 1 is 1.23 bits per heavy atom. The third-order valence-corrected chi connectivity index (χ3v) is 6.62. The second-order valence-electron chi connectivity index (χ2n) is 7.01. The van der Waals surface area contributed by atoms with E-state index in [9.17, 15) is 14.0 Å². The number of benzene rings is 1. The number of amides is 1. The maximum Gasteiger partial charge on any atom is 0.260 e. The zero-order valence-electron chi connectivity index (χ0n) is 16.9. The molecule has 3 aromatic heterocycles. The fourth-order valence-electron chi connectivity index (χ4n) is 3.26. The molecule has 160 valence electrons. The van der Waals surface area contributed by atoms with Gasteiger partial charge in [-0.25, -0.2) is 9.37 Å². The summed E-state index contributed by atoms with van der Waals surface area (Å²) in [5.74, 6) is 0.114. The van der Waals surface area contributed by atoms with Crippen LogP contribution in [-0.2, 0) is 17.9 Å². The highest BCUT2D eigenvalue weighted by atomic mass is 32.1. The molecule has 1 aromatic carbocycles. The van der Waals surface area contributed by atoms with Gasteiger partial charge in [-0.3, -0.25) is 14.5 Å². The van der Waals surface area contributed by atoms with Crippen molar-refractivity contribution in [3.05, 3.63) is 74.0 Å². The van der Waals surface area contributed by atoms with Gasteiger partial charge in [0.2, 0.25) is 5.91 Å². The predicted octanol–water partition coefficient (Wildman–Crippen LogP) is 3.99. The predicted molar refractivity (Wildman–Crippen MR) is 123 cm³/mol. The minimum atomic E-state index is -0.323. The number of hydrogen-bond donors (Lipinski definition) is 2. The van der Waals surface area contributed by atoms with Crippen LogP contribution in [0.15, 0.2) is 52.0 Å². The minimum absolute atomic E-state index is 0.0756. The molecule has 0 unspecified atom stereocenters. The normalized spacial score (nSPS) is 11.3. The second-order valence-corrected chi connectivity index (χ2v) is 8.90. The maximum atomic E-state index is 13.2. The summed E-state index contributed by atoms with van der Waals surface area (Å²) >= 11 is 2.98. The van der Waals surface area contributed by atoms with Crippen LogP contribution in [0.3, 0.4) is 0 Å². The van der Waals surface area contributed by atoms with Crippen molar-refractivity contribution < 1.29 is 9.18 Å². The van der Waals surface area contributed by atoms with Gasteiger partial charge in [0.15, 0.2) is 0 Å². The highest BCUT2D eigenvalue weighted by Gasteiger charge is 2.16. The summed E-state index contributed by atoms with van der Waals surface area (Å²) in [6.07, 6.45) is 0. The molecule has 31 heavy (non-hydrogen) atoms.